The monoisotopic (exact) mass is 910 g/mol. The highest BCUT2D eigenvalue weighted by Crippen LogP contribution is 2.44. The Labute approximate surface area is 336 Å². The lowest BCUT2D eigenvalue weighted by Gasteiger charge is -2.34. The molecule has 0 unspecified atom stereocenters. The summed E-state index contributed by atoms with van der Waals surface area (Å²) in [5, 5.41) is 7.00. The number of anilines is 4. The lowest BCUT2D eigenvalue weighted by Crippen LogP contribution is -2.46. The van der Waals surface area contributed by atoms with Gasteiger partial charge in [-0.3, -0.25) is 14.6 Å². The van der Waals surface area contributed by atoms with Gasteiger partial charge in [-0.05, 0) is 11.3 Å². The van der Waals surface area contributed by atoms with Crippen LogP contribution >= 0.6 is 46.1 Å². The van der Waals surface area contributed by atoms with Gasteiger partial charge in [0.2, 0.25) is 0 Å². The molecule has 4 fully saturated rings. The van der Waals surface area contributed by atoms with Gasteiger partial charge in [-0.15, -0.1) is 0 Å². The number of alkyl halides is 1. The average molecular weight is 911 g/mol. The van der Waals surface area contributed by atoms with Crippen LogP contribution in [0.3, 0.4) is 0 Å². The minimum absolute atomic E-state index is 0.145. The van der Waals surface area contributed by atoms with Gasteiger partial charge in [0.25, 0.3) is 0 Å². The van der Waals surface area contributed by atoms with Crippen molar-refractivity contribution in [1.82, 2.24) is 0 Å². The zero-order valence-electron chi connectivity index (χ0n) is 31.0. The molecule has 2 aromatic rings. The number of halogens is 3. The number of cyclic esters (lactones) is 2. The van der Waals surface area contributed by atoms with E-state index in [2.05, 4.69) is 4.74 Å². The molecule has 0 radical (unpaired) electrons. The fraction of sp³-hybridized carbons (Fsp3) is 0.571. The zero-order chi connectivity index (χ0) is 39.6. The van der Waals surface area contributed by atoms with Gasteiger partial charge >= 0.3 is 18.2 Å². The number of aliphatic hydroxyl groups excluding tert-OH is 1. The number of methoxy groups -OCH3 is 1. The van der Waals surface area contributed by atoms with Gasteiger partial charge in [-0.25, -0.2) is 18.4 Å². The van der Waals surface area contributed by atoms with Crippen LogP contribution < -0.4 is 34.8 Å². The van der Waals surface area contributed by atoms with Gasteiger partial charge in [0, 0.05) is 94.9 Å². The van der Waals surface area contributed by atoms with Crippen molar-refractivity contribution in [3.8, 4) is 11.5 Å². The first-order valence-corrected chi connectivity index (χ1v) is 21.2. The van der Waals surface area contributed by atoms with Crippen LogP contribution in [-0.4, -0.2) is 136 Å². The smallest absolute Gasteiger partial charge is 0.415 e. The number of esters is 1. The molecule has 0 bridgehead atoms. The number of hydrogen-bond acceptors (Lipinski definition) is 14. The van der Waals surface area contributed by atoms with E-state index >= 15 is 0 Å². The second-order valence-corrected chi connectivity index (χ2v) is 14.9. The maximum Gasteiger partial charge on any atom is 0.415 e. The number of amides is 2. The molecule has 8 rings (SSSR count). The molecule has 14 nitrogen and oxygen atoms in total. The second-order valence-electron chi connectivity index (χ2n) is 12.4. The Bertz CT molecular complexity index is 1660. The third-order valence-corrected chi connectivity index (χ3v) is 11.5. The highest BCUT2D eigenvalue weighted by molar-refractivity contribution is 14.1. The summed E-state index contributed by atoms with van der Waals surface area (Å²) in [7, 11) is 2.32. The number of thioether (sulfide) groups is 2. The lowest BCUT2D eigenvalue weighted by molar-refractivity contribution is -0.141. The predicted octanol–water partition coefficient (Wildman–Crippen LogP) is 4.50. The molecule has 0 spiro atoms. The first-order chi connectivity index (χ1) is 26.7. The third kappa shape index (κ3) is 8.94. The Morgan fingerprint density at radius 2 is 1.28 bits per heavy atom. The Balaban J connectivity index is 0.000000191. The maximum atomic E-state index is 14.8. The standard InChI is InChI=1S/C18H21FN2O5S.C15H18FN3O3S.CH3I.CH4O/c1-24-17(22)3-2-15-14-10-25-16-9-12(20-4-6-27-7-5-20)11(19)8-13(16)21(14)18(23)26-15;16-9-5-11-13(6-10(9)18-1-3-23-4-2-18)21-8-12-14(7-17)22-15(20)19(11)12;2*1-2/h8-9,14-15H,2-7,10H2,1H3;5-6,12,14H,1-4,7-8,17H2;1H3;2H,1H3/t14-,15-;12-,14-;;/m00../s1/i;;1D;. The van der Waals surface area contributed by atoms with Crippen LogP contribution in [0.5, 0.6) is 11.5 Å². The van der Waals surface area contributed by atoms with Crippen molar-refractivity contribution >= 4 is 87.0 Å². The molecule has 4 atom stereocenters. The van der Waals surface area contributed by atoms with E-state index in [0.29, 0.717) is 52.2 Å². The van der Waals surface area contributed by atoms with Crippen molar-refractivity contribution in [3.63, 3.8) is 0 Å². The number of ether oxygens (including phenoxy) is 5. The average Bonchev–Trinajstić information content (AvgIpc) is 3.73. The maximum absolute atomic E-state index is 14.8. The number of nitrogens with two attached hydrogens (primary N) is 1. The van der Waals surface area contributed by atoms with E-state index in [-0.39, 0.29) is 49.3 Å². The zero-order valence-corrected chi connectivity index (χ0v) is 33.8. The molecule has 298 valence electrons. The van der Waals surface area contributed by atoms with Crippen molar-refractivity contribution in [2.75, 3.05) is 108 Å². The summed E-state index contributed by atoms with van der Waals surface area (Å²) in [5.41, 5.74) is 7.47. The number of fused-ring (bicyclic) bond motifs is 6. The summed E-state index contributed by atoms with van der Waals surface area (Å²) in [6, 6.07) is 5.41. The Morgan fingerprint density at radius 3 is 1.70 bits per heavy atom. The van der Waals surface area contributed by atoms with E-state index in [1.165, 1.54) is 29.0 Å². The van der Waals surface area contributed by atoms with Crippen LogP contribution in [0.15, 0.2) is 24.3 Å². The molecule has 2 amide bonds. The van der Waals surface area contributed by atoms with Gasteiger partial charge < -0.3 is 44.3 Å². The van der Waals surface area contributed by atoms with Gasteiger partial charge in [0.1, 0.15) is 60.6 Å². The number of rotatable bonds is 6. The quantitative estimate of drug-likeness (QED) is 0.181. The van der Waals surface area contributed by atoms with E-state index in [0.717, 1.165) is 56.3 Å². The van der Waals surface area contributed by atoms with Crippen molar-refractivity contribution in [1.29, 1.82) is 0 Å². The Morgan fingerprint density at radius 1 is 0.852 bits per heavy atom. The number of aliphatic hydroxyl groups is 1. The van der Waals surface area contributed by atoms with Crippen molar-refractivity contribution in [3.05, 3.63) is 35.9 Å². The second kappa shape index (κ2) is 19.6. The molecule has 0 saturated carbocycles. The SMILES string of the molecule is CO.COC(=O)CC[C@@H]1OC(=O)N2c3cc(F)c(N4CCSCC4)cc3OC[C@@H]12.NC[C@@H]1OC(=O)N2c3cc(F)c(N4CCSCC4)cc3OC[C@@H]12.[2H]CI. The van der Waals surface area contributed by atoms with Crippen LogP contribution in [0.25, 0.3) is 0 Å². The summed E-state index contributed by atoms with van der Waals surface area (Å²) in [6.07, 6.45) is -1.46. The molecule has 4 saturated heterocycles. The topological polar surface area (TPSA) is 157 Å². The number of hydrogen-bond donors (Lipinski definition) is 2. The predicted molar refractivity (Wildman–Crippen MR) is 214 cm³/mol. The van der Waals surface area contributed by atoms with E-state index in [9.17, 15) is 23.2 Å². The lowest BCUT2D eigenvalue weighted by atomic mass is 10.0. The minimum atomic E-state index is -0.541. The summed E-state index contributed by atoms with van der Waals surface area (Å²) < 4.78 is 62.5. The summed E-state index contributed by atoms with van der Waals surface area (Å²) in [4.78, 5) is 43.3. The number of carbonyl (C=O) groups excluding carboxylic acids is 3. The first kappa shape index (κ1) is 40.5. The molecule has 0 aromatic heterocycles. The molecule has 6 aliphatic heterocycles. The summed E-state index contributed by atoms with van der Waals surface area (Å²) >= 11 is 5.67. The van der Waals surface area contributed by atoms with E-state index in [1.54, 1.807) is 12.1 Å². The number of benzene rings is 2. The molecule has 54 heavy (non-hydrogen) atoms. The van der Waals surface area contributed by atoms with Crippen LogP contribution in [0.1, 0.15) is 14.2 Å². The van der Waals surface area contributed by atoms with Gasteiger partial charge in [-0.1, -0.05) is 22.6 Å². The number of carbonyl (C=O) groups is 3. The largest absolute Gasteiger partial charge is 0.489 e. The number of nitrogens with zero attached hydrogens (tertiary/aromatic N) is 4. The Kier molecular flexibility index (Phi) is 14.7. The van der Waals surface area contributed by atoms with Crippen LogP contribution in [-0.2, 0) is 19.0 Å². The van der Waals surface area contributed by atoms with E-state index < -0.39 is 24.4 Å². The molecular formula is C35H46F2IN5O9S2. The van der Waals surface area contributed by atoms with Crippen molar-refractivity contribution in [2.45, 2.75) is 37.1 Å². The van der Waals surface area contributed by atoms with Crippen molar-refractivity contribution < 1.29 is 53.3 Å². The molecular weight excluding hydrogens is 863 g/mol. The van der Waals surface area contributed by atoms with Crippen LogP contribution in [0.4, 0.5) is 41.1 Å². The highest BCUT2D eigenvalue weighted by Gasteiger charge is 2.48. The fourth-order valence-corrected chi connectivity index (χ4v) is 8.79. The van der Waals surface area contributed by atoms with Gasteiger partial charge in [0.15, 0.2) is 0 Å². The van der Waals surface area contributed by atoms with Gasteiger partial charge in [-0.2, -0.15) is 23.5 Å². The highest BCUT2D eigenvalue weighted by atomic mass is 127. The molecule has 6 heterocycles. The summed E-state index contributed by atoms with van der Waals surface area (Å²) in [5.74, 6) is 3.79. The Hall–Kier alpha value is -3.14. The van der Waals surface area contributed by atoms with Gasteiger partial charge in [0.05, 0.1) is 29.9 Å². The molecule has 6 aliphatic rings. The normalized spacial score (nSPS) is 23.7. The van der Waals surface area contributed by atoms with E-state index in [4.69, 9.17) is 31.2 Å². The molecule has 2 aromatic carbocycles. The van der Waals surface area contributed by atoms with Crippen molar-refractivity contribution in [2.24, 2.45) is 5.73 Å². The van der Waals surface area contributed by atoms with Crippen LogP contribution in [0, 0.1) is 11.6 Å². The molecule has 3 N–H and O–H groups in total. The molecule has 19 heteroatoms. The fourth-order valence-electron chi connectivity index (χ4n) is 6.98. The van der Waals surface area contributed by atoms with Crippen LogP contribution in [0.2, 0.25) is 0 Å². The van der Waals surface area contributed by atoms with E-state index in [1.807, 2.05) is 55.9 Å². The minimum Gasteiger partial charge on any atom is -0.489 e. The molecule has 0 aliphatic carbocycles. The first-order valence-electron chi connectivity index (χ1n) is 18.0. The summed E-state index contributed by atoms with van der Waals surface area (Å²) in [6.45, 7) is 3.95. The third-order valence-electron chi connectivity index (χ3n) is 9.61.